The number of hydrogen-bond acceptors (Lipinski definition) is 3. The van der Waals surface area contributed by atoms with Crippen LogP contribution in [0.2, 0.25) is 5.02 Å². The smallest absolute Gasteiger partial charge is 0.227 e. The summed E-state index contributed by atoms with van der Waals surface area (Å²) in [5.74, 6) is 1.30. The van der Waals surface area contributed by atoms with Crippen molar-refractivity contribution in [3.05, 3.63) is 34.9 Å². The van der Waals surface area contributed by atoms with E-state index in [-0.39, 0.29) is 17.9 Å². The summed E-state index contributed by atoms with van der Waals surface area (Å²) in [4.78, 5) is 21.5. The van der Waals surface area contributed by atoms with E-state index in [1.54, 1.807) is 0 Å². The third-order valence-electron chi connectivity index (χ3n) is 5.61. The highest BCUT2D eigenvalue weighted by molar-refractivity contribution is 6.30. The van der Waals surface area contributed by atoms with Gasteiger partial charge in [0.1, 0.15) is 0 Å². The van der Waals surface area contributed by atoms with Crippen molar-refractivity contribution in [1.29, 1.82) is 0 Å². The molecule has 1 heterocycles. The van der Waals surface area contributed by atoms with E-state index in [0.29, 0.717) is 31.1 Å². The summed E-state index contributed by atoms with van der Waals surface area (Å²) < 4.78 is 0. The lowest BCUT2D eigenvalue weighted by atomic mass is 10.1. The molecule has 3 rings (SSSR count). The van der Waals surface area contributed by atoms with Crippen LogP contribution in [-0.4, -0.2) is 72.1 Å². The molecule has 1 saturated heterocycles. The zero-order valence-electron chi connectivity index (χ0n) is 16.6. The van der Waals surface area contributed by atoms with Crippen molar-refractivity contribution >= 4 is 23.5 Å². The normalized spacial score (nSPS) is 23.2. The van der Waals surface area contributed by atoms with E-state index in [9.17, 15) is 9.90 Å². The molecule has 2 atom stereocenters. The summed E-state index contributed by atoms with van der Waals surface area (Å²) in [5, 5.41) is 14.0. The summed E-state index contributed by atoms with van der Waals surface area (Å²) in [6.07, 6.45) is 3.20. The van der Waals surface area contributed by atoms with Crippen LogP contribution in [0.15, 0.2) is 29.3 Å². The molecule has 0 aromatic heterocycles. The SMILES string of the molecule is CCNC(=NCC1CCCC1O)N1CCN(C(=O)Cc2cccc(Cl)c2)CC1. The number of rotatable bonds is 5. The highest BCUT2D eigenvalue weighted by Crippen LogP contribution is 2.25. The fraction of sp³-hybridized carbons (Fsp3) is 0.619. The van der Waals surface area contributed by atoms with Crippen LogP contribution in [0.25, 0.3) is 0 Å². The van der Waals surface area contributed by atoms with Crippen LogP contribution in [0, 0.1) is 5.92 Å². The van der Waals surface area contributed by atoms with Gasteiger partial charge in [-0.25, -0.2) is 0 Å². The number of halogens is 1. The summed E-state index contributed by atoms with van der Waals surface area (Å²) in [6, 6.07) is 7.49. The van der Waals surface area contributed by atoms with Gasteiger partial charge in [0.15, 0.2) is 5.96 Å². The second-order valence-electron chi connectivity index (χ2n) is 7.63. The molecule has 1 aliphatic carbocycles. The Hall–Kier alpha value is -1.79. The van der Waals surface area contributed by atoms with Crippen molar-refractivity contribution in [2.75, 3.05) is 39.3 Å². The predicted molar refractivity (Wildman–Crippen MR) is 113 cm³/mol. The first kappa shape index (κ1) is 20.9. The van der Waals surface area contributed by atoms with Gasteiger partial charge in [-0.1, -0.05) is 30.2 Å². The number of piperazine rings is 1. The highest BCUT2D eigenvalue weighted by atomic mass is 35.5. The minimum Gasteiger partial charge on any atom is -0.393 e. The standard InChI is InChI=1S/C21H31ClN4O2/c1-2-23-21(24-15-17-6-4-8-19(17)27)26-11-9-25(10-12-26)20(28)14-16-5-3-7-18(22)13-16/h3,5,7,13,17,19,27H,2,4,6,8-12,14-15H2,1H3,(H,23,24). The van der Waals surface area contributed by atoms with Crippen LogP contribution < -0.4 is 5.32 Å². The maximum atomic E-state index is 12.6. The van der Waals surface area contributed by atoms with Crippen molar-refractivity contribution in [3.8, 4) is 0 Å². The molecule has 154 valence electrons. The molecular weight excluding hydrogens is 376 g/mol. The van der Waals surface area contributed by atoms with E-state index < -0.39 is 0 Å². The molecule has 1 amide bonds. The summed E-state index contributed by atoms with van der Waals surface area (Å²) in [7, 11) is 0. The highest BCUT2D eigenvalue weighted by Gasteiger charge is 2.26. The van der Waals surface area contributed by atoms with Crippen LogP contribution in [0.1, 0.15) is 31.7 Å². The lowest BCUT2D eigenvalue weighted by molar-refractivity contribution is -0.131. The number of carbonyl (C=O) groups is 1. The van der Waals surface area contributed by atoms with E-state index in [0.717, 1.165) is 50.4 Å². The van der Waals surface area contributed by atoms with Gasteiger partial charge in [-0.2, -0.15) is 0 Å². The Kier molecular flexibility index (Phi) is 7.57. The predicted octanol–water partition coefficient (Wildman–Crippen LogP) is 2.15. The Morgan fingerprint density at radius 2 is 2.00 bits per heavy atom. The first-order valence-corrected chi connectivity index (χ1v) is 10.7. The molecule has 7 heteroatoms. The molecular formula is C21H31ClN4O2. The molecule has 1 aromatic rings. The van der Waals surface area contributed by atoms with Crippen molar-refractivity contribution in [2.45, 2.75) is 38.7 Å². The lowest BCUT2D eigenvalue weighted by Gasteiger charge is -2.36. The summed E-state index contributed by atoms with van der Waals surface area (Å²) in [5.41, 5.74) is 0.949. The zero-order chi connectivity index (χ0) is 19.9. The zero-order valence-corrected chi connectivity index (χ0v) is 17.4. The van der Waals surface area contributed by atoms with Gasteiger partial charge in [0, 0.05) is 50.2 Å². The van der Waals surface area contributed by atoms with Gasteiger partial charge in [0.25, 0.3) is 0 Å². The Morgan fingerprint density at radius 3 is 2.64 bits per heavy atom. The molecule has 0 radical (unpaired) electrons. The van der Waals surface area contributed by atoms with Crippen molar-refractivity contribution in [1.82, 2.24) is 15.1 Å². The first-order chi connectivity index (χ1) is 13.6. The van der Waals surface area contributed by atoms with Gasteiger partial charge in [-0.05, 0) is 37.5 Å². The number of carbonyl (C=O) groups excluding carboxylic acids is 1. The average Bonchev–Trinajstić information content (AvgIpc) is 3.10. The van der Waals surface area contributed by atoms with Crippen molar-refractivity contribution in [3.63, 3.8) is 0 Å². The largest absolute Gasteiger partial charge is 0.393 e. The van der Waals surface area contributed by atoms with Crippen LogP contribution in [-0.2, 0) is 11.2 Å². The van der Waals surface area contributed by atoms with E-state index in [2.05, 4.69) is 17.1 Å². The van der Waals surface area contributed by atoms with Gasteiger partial charge in [0.05, 0.1) is 12.5 Å². The molecule has 1 aliphatic heterocycles. The molecule has 1 aromatic carbocycles. The van der Waals surface area contributed by atoms with Crippen molar-refractivity contribution in [2.24, 2.45) is 10.9 Å². The van der Waals surface area contributed by atoms with Crippen LogP contribution in [0.4, 0.5) is 0 Å². The van der Waals surface area contributed by atoms with Crippen molar-refractivity contribution < 1.29 is 9.90 Å². The van der Waals surface area contributed by atoms with Gasteiger partial charge in [-0.3, -0.25) is 9.79 Å². The second-order valence-corrected chi connectivity index (χ2v) is 8.06. The maximum Gasteiger partial charge on any atom is 0.227 e. The number of nitrogens with one attached hydrogen (secondary N) is 1. The second kappa shape index (κ2) is 10.1. The molecule has 0 spiro atoms. The average molecular weight is 407 g/mol. The fourth-order valence-electron chi connectivity index (χ4n) is 3.96. The number of aliphatic imine (C=N–C) groups is 1. The third-order valence-corrected chi connectivity index (χ3v) is 5.84. The van der Waals surface area contributed by atoms with E-state index >= 15 is 0 Å². The molecule has 2 fully saturated rings. The first-order valence-electron chi connectivity index (χ1n) is 10.3. The molecule has 6 nitrogen and oxygen atoms in total. The maximum absolute atomic E-state index is 12.6. The monoisotopic (exact) mass is 406 g/mol. The number of amides is 1. The Bertz CT molecular complexity index is 689. The summed E-state index contributed by atoms with van der Waals surface area (Å²) in [6.45, 7) is 6.44. The number of guanidine groups is 1. The molecule has 2 unspecified atom stereocenters. The van der Waals surface area contributed by atoms with Gasteiger partial charge >= 0.3 is 0 Å². The van der Waals surface area contributed by atoms with Gasteiger partial charge in [0.2, 0.25) is 5.91 Å². The topological polar surface area (TPSA) is 68.2 Å². The Balaban J connectivity index is 1.52. The third kappa shape index (κ3) is 5.61. The molecule has 1 saturated carbocycles. The number of aliphatic hydroxyl groups is 1. The van der Waals surface area contributed by atoms with Crippen LogP contribution in [0.3, 0.4) is 0 Å². The van der Waals surface area contributed by atoms with Gasteiger partial charge < -0.3 is 20.2 Å². The number of aliphatic hydroxyl groups excluding tert-OH is 1. The Labute approximate surface area is 172 Å². The fourth-order valence-corrected chi connectivity index (χ4v) is 4.17. The van der Waals surface area contributed by atoms with Crippen LogP contribution in [0.5, 0.6) is 0 Å². The quantitative estimate of drug-likeness (QED) is 0.580. The molecule has 28 heavy (non-hydrogen) atoms. The van der Waals surface area contributed by atoms with E-state index in [1.807, 2.05) is 29.2 Å². The lowest BCUT2D eigenvalue weighted by Crippen LogP contribution is -2.54. The van der Waals surface area contributed by atoms with E-state index in [4.69, 9.17) is 16.6 Å². The number of benzene rings is 1. The van der Waals surface area contributed by atoms with E-state index in [1.165, 1.54) is 0 Å². The molecule has 2 N–H and O–H groups in total. The molecule has 0 bridgehead atoms. The number of hydrogen-bond donors (Lipinski definition) is 2. The minimum absolute atomic E-state index is 0.137. The number of nitrogens with zero attached hydrogens (tertiary/aromatic N) is 3. The van der Waals surface area contributed by atoms with Gasteiger partial charge in [-0.15, -0.1) is 0 Å². The Morgan fingerprint density at radius 1 is 1.25 bits per heavy atom. The van der Waals surface area contributed by atoms with Crippen LogP contribution >= 0.6 is 11.6 Å². The molecule has 2 aliphatic rings. The summed E-state index contributed by atoms with van der Waals surface area (Å²) >= 11 is 6.02. The minimum atomic E-state index is -0.215.